The summed E-state index contributed by atoms with van der Waals surface area (Å²) in [6.07, 6.45) is -0.663. The van der Waals surface area contributed by atoms with Crippen LogP contribution in [0.25, 0.3) is 0 Å². The second-order valence-electron chi connectivity index (χ2n) is 6.36. The van der Waals surface area contributed by atoms with Gasteiger partial charge in [-0.15, -0.1) is 0 Å². The first-order valence-electron chi connectivity index (χ1n) is 7.03. The average molecular weight is 406 g/mol. The van der Waals surface area contributed by atoms with E-state index in [1.165, 1.54) is 13.0 Å². The average Bonchev–Trinajstić information content (AvgIpc) is 2.37. The summed E-state index contributed by atoms with van der Waals surface area (Å²) >= 11 is 4.32. The zero-order valence-electron chi connectivity index (χ0n) is 13.8. The van der Waals surface area contributed by atoms with E-state index in [4.69, 9.17) is 4.74 Å². The normalized spacial score (nSPS) is 14.0. The van der Waals surface area contributed by atoms with E-state index in [1.54, 1.807) is 39.8 Å². The van der Waals surface area contributed by atoms with Crippen LogP contribution in [0.5, 0.6) is 0 Å². The van der Waals surface area contributed by atoms with Crippen molar-refractivity contribution in [3.63, 3.8) is 0 Å². The number of ether oxygens (including phenoxy) is 1. The molecule has 0 heterocycles. The molecule has 1 atom stereocenters. The topological polar surface area (TPSA) is 55.4 Å². The van der Waals surface area contributed by atoms with Gasteiger partial charge in [0.05, 0.1) is 5.54 Å². The summed E-state index contributed by atoms with van der Waals surface area (Å²) in [5.41, 5.74) is -1.48. The molecule has 0 bridgehead atoms. The van der Waals surface area contributed by atoms with Crippen LogP contribution in [0.3, 0.4) is 0 Å². The summed E-state index contributed by atoms with van der Waals surface area (Å²) < 4.78 is 20.2. The van der Waals surface area contributed by atoms with Crippen LogP contribution in [0, 0.1) is 5.82 Å². The zero-order valence-corrected chi connectivity index (χ0v) is 16.2. The number of benzene rings is 1. The molecule has 0 aliphatic carbocycles. The minimum Gasteiger partial charge on any atom is -0.444 e. The largest absolute Gasteiger partial charge is 0.444 e. The van der Waals surface area contributed by atoms with Crippen LogP contribution >= 0.6 is 27.7 Å². The fourth-order valence-corrected chi connectivity index (χ4v) is 2.96. The summed E-state index contributed by atoms with van der Waals surface area (Å²) in [6, 6.07) is 4.48. The molecule has 128 valence electrons. The lowest BCUT2D eigenvalue weighted by Crippen LogP contribution is -2.48. The Morgan fingerprint density at radius 2 is 1.91 bits per heavy atom. The molecule has 0 fully saturated rings. The Labute approximate surface area is 148 Å². The maximum absolute atomic E-state index is 14.3. The number of nitrogens with one attached hydrogen (secondary N) is 1. The SMILES string of the molecule is CC(=O)SCC(C)(NC(=O)OC(C)(C)C)c1cc(Br)ccc1F. The summed E-state index contributed by atoms with van der Waals surface area (Å²) in [7, 11) is 0. The van der Waals surface area contributed by atoms with Crippen molar-refractivity contribution in [3.05, 3.63) is 34.1 Å². The molecule has 0 aliphatic rings. The van der Waals surface area contributed by atoms with Gasteiger partial charge in [-0.3, -0.25) is 4.79 Å². The van der Waals surface area contributed by atoms with Crippen molar-refractivity contribution in [1.82, 2.24) is 5.32 Å². The van der Waals surface area contributed by atoms with E-state index in [0.29, 0.717) is 4.47 Å². The van der Waals surface area contributed by atoms with Crippen LogP contribution in [0.1, 0.15) is 40.2 Å². The van der Waals surface area contributed by atoms with Crippen LogP contribution in [0.15, 0.2) is 22.7 Å². The van der Waals surface area contributed by atoms with E-state index in [2.05, 4.69) is 21.2 Å². The summed E-state index contributed by atoms with van der Waals surface area (Å²) in [6.45, 7) is 8.32. The molecule has 1 aromatic carbocycles. The van der Waals surface area contributed by atoms with Crippen LogP contribution < -0.4 is 5.32 Å². The molecule has 0 saturated carbocycles. The third kappa shape index (κ3) is 6.51. The molecule has 0 aromatic heterocycles. The molecule has 0 aliphatic heterocycles. The Morgan fingerprint density at radius 1 is 1.30 bits per heavy atom. The molecular weight excluding hydrogens is 385 g/mol. The quantitative estimate of drug-likeness (QED) is 0.794. The van der Waals surface area contributed by atoms with Gasteiger partial charge in [0.15, 0.2) is 5.12 Å². The first-order valence-corrected chi connectivity index (χ1v) is 8.81. The second kappa shape index (κ2) is 7.66. The Morgan fingerprint density at radius 3 is 2.43 bits per heavy atom. The van der Waals surface area contributed by atoms with Gasteiger partial charge >= 0.3 is 6.09 Å². The molecular formula is C16H21BrFNO3S. The summed E-state index contributed by atoms with van der Waals surface area (Å²) in [5.74, 6) is -0.273. The lowest BCUT2D eigenvalue weighted by Gasteiger charge is -2.32. The van der Waals surface area contributed by atoms with Crippen LogP contribution in [-0.4, -0.2) is 22.6 Å². The Hall–Kier alpha value is -1.08. The number of amides is 1. The number of alkyl carbamates (subject to hydrolysis) is 1. The molecule has 1 N–H and O–H groups in total. The molecule has 7 heteroatoms. The van der Waals surface area contributed by atoms with E-state index >= 15 is 0 Å². The van der Waals surface area contributed by atoms with Crippen LogP contribution in [-0.2, 0) is 15.1 Å². The zero-order chi connectivity index (χ0) is 17.8. The predicted molar refractivity (Wildman–Crippen MR) is 94.0 cm³/mol. The molecule has 0 spiro atoms. The van der Waals surface area contributed by atoms with E-state index in [0.717, 1.165) is 11.8 Å². The number of carbonyl (C=O) groups excluding carboxylic acids is 2. The van der Waals surface area contributed by atoms with Gasteiger partial charge in [0.1, 0.15) is 11.4 Å². The summed E-state index contributed by atoms with van der Waals surface area (Å²) in [5, 5.41) is 2.58. The molecule has 1 unspecified atom stereocenters. The van der Waals surface area contributed by atoms with Crippen molar-refractivity contribution in [2.75, 3.05) is 5.75 Å². The van der Waals surface area contributed by atoms with E-state index in [9.17, 15) is 14.0 Å². The molecule has 0 radical (unpaired) electrons. The second-order valence-corrected chi connectivity index (χ2v) is 8.43. The molecule has 1 aromatic rings. The van der Waals surface area contributed by atoms with Gasteiger partial charge in [0.25, 0.3) is 0 Å². The van der Waals surface area contributed by atoms with Crippen molar-refractivity contribution >= 4 is 38.9 Å². The monoisotopic (exact) mass is 405 g/mol. The third-order valence-corrected chi connectivity index (χ3v) is 4.49. The predicted octanol–water partition coefficient (Wildman–Crippen LogP) is 4.61. The highest BCUT2D eigenvalue weighted by molar-refractivity contribution is 9.10. The number of rotatable bonds is 4. The van der Waals surface area contributed by atoms with Crippen molar-refractivity contribution in [1.29, 1.82) is 0 Å². The van der Waals surface area contributed by atoms with Crippen molar-refractivity contribution in [2.24, 2.45) is 0 Å². The standard InChI is InChI=1S/C16H21BrFNO3S/c1-10(20)23-9-16(5,19-14(21)22-15(2,3)4)12-8-11(17)6-7-13(12)18/h6-8H,9H2,1-5H3,(H,19,21). The smallest absolute Gasteiger partial charge is 0.408 e. The highest BCUT2D eigenvalue weighted by Crippen LogP contribution is 2.30. The minimum absolute atomic E-state index is 0.113. The number of halogens is 2. The van der Waals surface area contributed by atoms with Gasteiger partial charge in [0, 0.05) is 22.7 Å². The number of carbonyl (C=O) groups is 2. The van der Waals surface area contributed by atoms with Gasteiger partial charge < -0.3 is 10.1 Å². The fourth-order valence-electron chi connectivity index (χ4n) is 1.88. The maximum Gasteiger partial charge on any atom is 0.408 e. The van der Waals surface area contributed by atoms with Crippen molar-refractivity contribution < 1.29 is 18.7 Å². The fraction of sp³-hybridized carbons (Fsp3) is 0.500. The third-order valence-electron chi connectivity index (χ3n) is 2.86. The van der Waals surface area contributed by atoms with Gasteiger partial charge in [-0.05, 0) is 45.9 Å². The highest BCUT2D eigenvalue weighted by atomic mass is 79.9. The lowest BCUT2D eigenvalue weighted by molar-refractivity contribution is -0.109. The van der Waals surface area contributed by atoms with Gasteiger partial charge in [-0.1, -0.05) is 27.7 Å². The molecule has 23 heavy (non-hydrogen) atoms. The van der Waals surface area contributed by atoms with E-state index in [-0.39, 0.29) is 16.4 Å². The van der Waals surface area contributed by atoms with Crippen molar-refractivity contribution in [2.45, 2.75) is 45.8 Å². The van der Waals surface area contributed by atoms with Gasteiger partial charge in [-0.25, -0.2) is 9.18 Å². The number of hydrogen-bond donors (Lipinski definition) is 1. The number of thioether (sulfide) groups is 1. The Bertz CT molecular complexity index is 603. The van der Waals surface area contributed by atoms with Crippen molar-refractivity contribution in [3.8, 4) is 0 Å². The lowest BCUT2D eigenvalue weighted by atomic mass is 9.93. The molecule has 4 nitrogen and oxygen atoms in total. The van der Waals surface area contributed by atoms with E-state index < -0.39 is 23.1 Å². The Balaban J connectivity index is 3.14. The number of hydrogen-bond acceptors (Lipinski definition) is 4. The first-order chi connectivity index (χ1) is 10.4. The van der Waals surface area contributed by atoms with E-state index in [1.807, 2.05) is 0 Å². The van der Waals surface area contributed by atoms with Gasteiger partial charge in [-0.2, -0.15) is 0 Å². The summed E-state index contributed by atoms with van der Waals surface area (Å²) in [4.78, 5) is 23.4. The van der Waals surface area contributed by atoms with Crippen LogP contribution in [0.4, 0.5) is 9.18 Å². The molecule has 1 rings (SSSR count). The minimum atomic E-state index is -1.09. The maximum atomic E-state index is 14.3. The molecule has 0 saturated heterocycles. The highest BCUT2D eigenvalue weighted by Gasteiger charge is 2.34. The first kappa shape index (κ1) is 20.0. The molecule has 1 amide bonds. The van der Waals surface area contributed by atoms with Crippen LogP contribution in [0.2, 0.25) is 0 Å². The Kier molecular flexibility index (Phi) is 6.65. The van der Waals surface area contributed by atoms with Gasteiger partial charge in [0.2, 0.25) is 0 Å².